The third-order valence-electron chi connectivity index (χ3n) is 2.19. The Morgan fingerprint density at radius 2 is 2.24 bits per heavy atom. The molecule has 0 fully saturated rings. The number of rotatable bonds is 3. The fourth-order valence-corrected chi connectivity index (χ4v) is 1.81. The Balaban J connectivity index is 2.48. The summed E-state index contributed by atoms with van der Waals surface area (Å²) in [6.07, 6.45) is 0.0255. The van der Waals surface area contributed by atoms with Gasteiger partial charge in [-0.1, -0.05) is 0 Å². The molecule has 2 N–H and O–H groups in total. The Bertz CT molecular complexity index is 557. The van der Waals surface area contributed by atoms with Gasteiger partial charge in [0.25, 0.3) is 6.43 Å². The van der Waals surface area contributed by atoms with Crippen molar-refractivity contribution in [2.24, 2.45) is 0 Å². The summed E-state index contributed by atoms with van der Waals surface area (Å²) < 4.78 is 45.1. The summed E-state index contributed by atoms with van der Waals surface area (Å²) in [6.45, 7) is 0. The van der Waals surface area contributed by atoms with Crippen LogP contribution in [-0.2, 0) is 11.1 Å². The molecule has 0 saturated carbocycles. The monoisotopic (exact) mass is 258 g/mol. The lowest BCUT2D eigenvalue weighted by atomic mass is 10.1. The number of hydrogen-bond donors (Lipinski definition) is 2. The van der Waals surface area contributed by atoms with Gasteiger partial charge in [-0.25, -0.2) is 13.0 Å². The van der Waals surface area contributed by atoms with E-state index in [2.05, 4.69) is 9.97 Å². The first-order chi connectivity index (χ1) is 8.09. The average Bonchev–Trinajstić information content (AvgIpc) is 2.78. The zero-order valence-corrected chi connectivity index (χ0v) is 9.25. The maximum atomic E-state index is 12.7. The van der Waals surface area contributed by atoms with Gasteiger partial charge in [0.2, 0.25) is 0 Å². The molecule has 17 heavy (non-hydrogen) atoms. The average molecular weight is 258 g/mol. The molecule has 0 amide bonds. The number of nitrogens with zero attached hydrogens (tertiary/aromatic N) is 1. The third-order valence-corrected chi connectivity index (χ3v) is 2.83. The van der Waals surface area contributed by atoms with Crippen molar-refractivity contribution in [3.63, 3.8) is 0 Å². The minimum Gasteiger partial charge on any atom is -0.359 e. The van der Waals surface area contributed by atoms with Gasteiger partial charge in [-0.05, 0) is 18.2 Å². The van der Waals surface area contributed by atoms with Crippen LogP contribution < -0.4 is 0 Å². The van der Waals surface area contributed by atoms with Gasteiger partial charge in [0.15, 0.2) is 11.1 Å². The number of H-pyrrole nitrogens is 1. The molecule has 0 saturated heterocycles. The standard InChI is InChI=1S/C10H8F2N2O2S/c11-10(12)7-2-1-3-13-9(7)8-4-6(5-14-8)17(15)16/h1-5,10,14H,(H,15,16). The molecule has 0 aliphatic carbocycles. The minimum absolute atomic E-state index is 0.0826. The van der Waals surface area contributed by atoms with E-state index in [0.29, 0.717) is 5.69 Å². The first-order valence-electron chi connectivity index (χ1n) is 4.62. The molecule has 2 rings (SSSR count). The molecule has 0 bridgehead atoms. The molecule has 1 unspecified atom stereocenters. The normalized spacial score (nSPS) is 12.9. The lowest BCUT2D eigenvalue weighted by Crippen LogP contribution is -1.93. The number of alkyl halides is 2. The predicted molar refractivity (Wildman–Crippen MR) is 58.0 cm³/mol. The van der Waals surface area contributed by atoms with Gasteiger partial charge in [-0.3, -0.25) is 4.98 Å². The van der Waals surface area contributed by atoms with Gasteiger partial charge >= 0.3 is 0 Å². The third kappa shape index (κ3) is 2.40. The van der Waals surface area contributed by atoms with Gasteiger partial charge in [0.1, 0.15) is 0 Å². The zero-order valence-electron chi connectivity index (χ0n) is 8.43. The summed E-state index contributed by atoms with van der Waals surface area (Å²) in [5.74, 6) is 0. The maximum absolute atomic E-state index is 12.7. The van der Waals surface area contributed by atoms with E-state index < -0.39 is 17.5 Å². The van der Waals surface area contributed by atoms with Crippen LogP contribution in [0.4, 0.5) is 8.78 Å². The second-order valence-electron chi connectivity index (χ2n) is 3.24. The molecule has 1 atom stereocenters. The number of aromatic nitrogens is 2. The van der Waals surface area contributed by atoms with E-state index >= 15 is 0 Å². The fourth-order valence-electron chi connectivity index (χ4n) is 1.43. The molecular weight excluding hydrogens is 250 g/mol. The maximum Gasteiger partial charge on any atom is 0.266 e. The summed E-state index contributed by atoms with van der Waals surface area (Å²) in [6, 6.07) is 4.01. The van der Waals surface area contributed by atoms with Crippen LogP contribution in [0.3, 0.4) is 0 Å². The van der Waals surface area contributed by atoms with Gasteiger partial charge in [-0.15, -0.1) is 0 Å². The van der Waals surface area contributed by atoms with Gasteiger partial charge in [-0.2, -0.15) is 0 Å². The van der Waals surface area contributed by atoms with Gasteiger partial charge < -0.3 is 9.54 Å². The quantitative estimate of drug-likeness (QED) is 0.831. The van der Waals surface area contributed by atoms with Crippen LogP contribution in [0.2, 0.25) is 0 Å². The number of pyridine rings is 1. The molecule has 0 aliphatic heterocycles. The van der Waals surface area contributed by atoms with Crippen LogP contribution >= 0.6 is 0 Å². The molecule has 0 aliphatic rings. The summed E-state index contributed by atoms with van der Waals surface area (Å²) in [5.41, 5.74) is 0.155. The van der Waals surface area contributed by atoms with E-state index in [1.165, 1.54) is 30.6 Å². The second kappa shape index (κ2) is 4.72. The molecule has 2 aromatic heterocycles. The van der Waals surface area contributed by atoms with Crippen LogP contribution in [0.5, 0.6) is 0 Å². The highest BCUT2D eigenvalue weighted by atomic mass is 32.2. The summed E-state index contributed by atoms with van der Waals surface area (Å²) >= 11 is -2.15. The van der Waals surface area contributed by atoms with Crippen LogP contribution in [0.15, 0.2) is 35.5 Å². The molecule has 7 heteroatoms. The van der Waals surface area contributed by atoms with Gasteiger partial charge in [0, 0.05) is 18.0 Å². The molecular formula is C10H8F2N2O2S. The van der Waals surface area contributed by atoms with E-state index in [-0.39, 0.29) is 16.2 Å². The summed E-state index contributed by atoms with van der Waals surface area (Å²) in [4.78, 5) is 6.62. The van der Waals surface area contributed by atoms with E-state index in [1.54, 1.807) is 0 Å². The molecule has 0 spiro atoms. The van der Waals surface area contributed by atoms with Crippen LogP contribution in [0, 0.1) is 0 Å². The topological polar surface area (TPSA) is 66.0 Å². The van der Waals surface area contributed by atoms with Crippen molar-refractivity contribution in [3.05, 3.63) is 36.2 Å². The van der Waals surface area contributed by atoms with Crippen molar-refractivity contribution >= 4 is 11.1 Å². The van der Waals surface area contributed by atoms with E-state index in [4.69, 9.17) is 4.55 Å². The Labute approximate surface area is 98.0 Å². The molecule has 90 valence electrons. The number of nitrogens with one attached hydrogen (secondary N) is 1. The number of hydrogen-bond acceptors (Lipinski definition) is 2. The van der Waals surface area contributed by atoms with Crippen LogP contribution in [0.25, 0.3) is 11.4 Å². The number of aromatic amines is 1. The highest BCUT2D eigenvalue weighted by Gasteiger charge is 2.16. The fraction of sp³-hybridized carbons (Fsp3) is 0.100. The van der Waals surface area contributed by atoms with Gasteiger partial charge in [0.05, 0.1) is 16.3 Å². The zero-order chi connectivity index (χ0) is 12.4. The first-order valence-corrected chi connectivity index (χ1v) is 5.73. The Morgan fingerprint density at radius 1 is 1.47 bits per heavy atom. The second-order valence-corrected chi connectivity index (χ2v) is 4.21. The molecule has 0 aromatic carbocycles. The smallest absolute Gasteiger partial charge is 0.266 e. The van der Waals surface area contributed by atoms with Crippen molar-refractivity contribution in [1.82, 2.24) is 9.97 Å². The minimum atomic E-state index is -2.65. The summed E-state index contributed by atoms with van der Waals surface area (Å²) in [5, 5.41) is 0. The molecule has 2 heterocycles. The van der Waals surface area contributed by atoms with Crippen molar-refractivity contribution < 1.29 is 17.5 Å². The van der Waals surface area contributed by atoms with E-state index in [9.17, 15) is 13.0 Å². The molecule has 4 nitrogen and oxygen atoms in total. The molecule has 0 radical (unpaired) electrons. The lowest BCUT2D eigenvalue weighted by Gasteiger charge is -2.04. The predicted octanol–water partition coefficient (Wildman–Crippen LogP) is 2.59. The lowest BCUT2D eigenvalue weighted by molar-refractivity contribution is 0.151. The van der Waals surface area contributed by atoms with Crippen molar-refractivity contribution in [3.8, 4) is 11.4 Å². The van der Waals surface area contributed by atoms with Crippen LogP contribution in [-0.4, -0.2) is 18.7 Å². The Kier molecular flexibility index (Phi) is 3.30. The van der Waals surface area contributed by atoms with E-state index in [0.717, 1.165) is 0 Å². The Morgan fingerprint density at radius 3 is 2.82 bits per heavy atom. The van der Waals surface area contributed by atoms with Crippen molar-refractivity contribution in [2.45, 2.75) is 11.3 Å². The van der Waals surface area contributed by atoms with E-state index in [1.807, 2.05) is 0 Å². The van der Waals surface area contributed by atoms with Crippen molar-refractivity contribution in [2.75, 3.05) is 0 Å². The summed E-state index contributed by atoms with van der Waals surface area (Å²) in [7, 11) is 0. The highest BCUT2D eigenvalue weighted by Crippen LogP contribution is 2.29. The SMILES string of the molecule is O=S(O)c1c[nH]c(-c2ncccc2C(F)F)c1. The number of halogens is 2. The molecule has 2 aromatic rings. The highest BCUT2D eigenvalue weighted by molar-refractivity contribution is 7.79. The first kappa shape index (κ1) is 11.9. The Hall–Kier alpha value is -1.60. The van der Waals surface area contributed by atoms with Crippen molar-refractivity contribution in [1.29, 1.82) is 0 Å². The largest absolute Gasteiger partial charge is 0.359 e. The van der Waals surface area contributed by atoms with Crippen LogP contribution in [0.1, 0.15) is 12.0 Å².